The van der Waals surface area contributed by atoms with Crippen molar-refractivity contribution >= 4 is 0 Å². The second-order valence-electron chi connectivity index (χ2n) is 2.64. The fourth-order valence-electron chi connectivity index (χ4n) is 1.33. The molecule has 0 N–H and O–H groups in total. The first-order valence-corrected chi connectivity index (χ1v) is 3.75. The molecule has 0 aromatic heterocycles. The molecule has 0 aromatic rings. The summed E-state index contributed by atoms with van der Waals surface area (Å²) in [7, 11) is 0. The predicted molar refractivity (Wildman–Crippen MR) is 38.4 cm³/mol. The Hall–Kier alpha value is -0.530. The topological polar surface area (TPSA) is 9.23 Å². The van der Waals surface area contributed by atoms with Crippen LogP contribution in [-0.4, -0.2) is 12.3 Å². The van der Waals surface area contributed by atoms with Crippen molar-refractivity contribution in [3.63, 3.8) is 0 Å². The monoisotopic (exact) mass is 144 g/mol. The SMILES string of the molecule is C=CO[C@@H]1CCCC[C@@H]1F. The quantitative estimate of drug-likeness (QED) is 0.541. The van der Waals surface area contributed by atoms with Crippen LogP contribution in [0.5, 0.6) is 0 Å². The normalized spacial score (nSPS) is 33.3. The predicted octanol–water partition coefficient (Wildman–Crippen LogP) is 2.43. The second-order valence-corrected chi connectivity index (χ2v) is 2.64. The number of ether oxygens (including phenoxy) is 1. The molecular formula is C8H13FO. The van der Waals surface area contributed by atoms with Gasteiger partial charge in [-0.2, -0.15) is 0 Å². The van der Waals surface area contributed by atoms with E-state index in [0.717, 1.165) is 19.3 Å². The van der Waals surface area contributed by atoms with E-state index in [1.54, 1.807) is 0 Å². The summed E-state index contributed by atoms with van der Waals surface area (Å²) in [5.74, 6) is 0. The molecule has 1 nitrogen and oxygen atoms in total. The van der Waals surface area contributed by atoms with Crippen molar-refractivity contribution in [2.75, 3.05) is 0 Å². The van der Waals surface area contributed by atoms with Gasteiger partial charge in [0.15, 0.2) is 0 Å². The van der Waals surface area contributed by atoms with Crippen LogP contribution in [0.1, 0.15) is 25.7 Å². The van der Waals surface area contributed by atoms with Crippen LogP contribution in [0.3, 0.4) is 0 Å². The minimum absolute atomic E-state index is 0.216. The van der Waals surface area contributed by atoms with Crippen molar-refractivity contribution in [3.8, 4) is 0 Å². The Morgan fingerprint density at radius 3 is 2.70 bits per heavy atom. The van der Waals surface area contributed by atoms with Crippen molar-refractivity contribution in [2.45, 2.75) is 38.0 Å². The van der Waals surface area contributed by atoms with Crippen LogP contribution in [0.15, 0.2) is 12.8 Å². The summed E-state index contributed by atoms with van der Waals surface area (Å²) in [6.45, 7) is 3.40. The minimum atomic E-state index is -0.772. The molecule has 0 unspecified atom stereocenters. The van der Waals surface area contributed by atoms with Crippen molar-refractivity contribution in [1.29, 1.82) is 0 Å². The van der Waals surface area contributed by atoms with Crippen molar-refractivity contribution in [2.24, 2.45) is 0 Å². The molecule has 0 radical (unpaired) electrons. The van der Waals surface area contributed by atoms with Crippen LogP contribution in [-0.2, 0) is 4.74 Å². The van der Waals surface area contributed by atoms with Gasteiger partial charge in [0.05, 0.1) is 6.26 Å². The molecule has 0 amide bonds. The lowest BCUT2D eigenvalue weighted by Crippen LogP contribution is -2.27. The van der Waals surface area contributed by atoms with Gasteiger partial charge in [0.2, 0.25) is 0 Å². The second kappa shape index (κ2) is 3.59. The molecule has 0 bridgehead atoms. The molecule has 0 spiro atoms. The maximum absolute atomic E-state index is 12.9. The summed E-state index contributed by atoms with van der Waals surface area (Å²) >= 11 is 0. The summed E-state index contributed by atoms with van der Waals surface area (Å²) in [5.41, 5.74) is 0. The van der Waals surface area contributed by atoms with E-state index in [-0.39, 0.29) is 6.10 Å². The standard InChI is InChI=1S/C8H13FO/c1-2-10-8-6-4-3-5-7(8)9/h2,7-8H,1,3-6H2/t7-,8+/m0/s1. The van der Waals surface area contributed by atoms with Gasteiger partial charge in [0.1, 0.15) is 12.3 Å². The number of hydrogen-bond acceptors (Lipinski definition) is 1. The molecule has 2 heteroatoms. The molecule has 1 saturated carbocycles. The van der Waals surface area contributed by atoms with Gasteiger partial charge in [0.25, 0.3) is 0 Å². The molecule has 0 aliphatic heterocycles. The zero-order valence-electron chi connectivity index (χ0n) is 6.05. The van der Waals surface area contributed by atoms with Gasteiger partial charge in [-0.25, -0.2) is 4.39 Å². The molecule has 0 heterocycles. The van der Waals surface area contributed by atoms with Crippen LogP contribution in [0.4, 0.5) is 4.39 Å². The van der Waals surface area contributed by atoms with Crippen LogP contribution >= 0.6 is 0 Å². The van der Waals surface area contributed by atoms with Crippen LogP contribution in [0, 0.1) is 0 Å². The third kappa shape index (κ3) is 1.72. The minimum Gasteiger partial charge on any atom is -0.496 e. The molecule has 2 atom stereocenters. The maximum atomic E-state index is 12.9. The Kier molecular flexibility index (Phi) is 2.72. The number of halogens is 1. The summed E-state index contributed by atoms with van der Waals surface area (Å²) < 4.78 is 17.8. The van der Waals surface area contributed by atoms with E-state index in [1.165, 1.54) is 6.26 Å². The number of hydrogen-bond donors (Lipinski definition) is 0. The van der Waals surface area contributed by atoms with Gasteiger partial charge < -0.3 is 4.74 Å². The molecule has 1 aliphatic carbocycles. The Balaban J connectivity index is 2.32. The molecule has 10 heavy (non-hydrogen) atoms. The van der Waals surface area contributed by atoms with E-state index < -0.39 is 6.17 Å². The summed E-state index contributed by atoms with van der Waals surface area (Å²) in [6.07, 6.45) is 3.92. The van der Waals surface area contributed by atoms with Crippen LogP contribution in [0.2, 0.25) is 0 Å². The van der Waals surface area contributed by atoms with Gasteiger partial charge >= 0.3 is 0 Å². The summed E-state index contributed by atoms with van der Waals surface area (Å²) in [4.78, 5) is 0. The average molecular weight is 144 g/mol. The smallest absolute Gasteiger partial charge is 0.137 e. The zero-order valence-corrected chi connectivity index (χ0v) is 6.05. The van der Waals surface area contributed by atoms with Crippen molar-refractivity contribution in [3.05, 3.63) is 12.8 Å². The van der Waals surface area contributed by atoms with Crippen LogP contribution in [0.25, 0.3) is 0 Å². The van der Waals surface area contributed by atoms with Gasteiger partial charge in [0, 0.05) is 0 Å². The van der Waals surface area contributed by atoms with E-state index >= 15 is 0 Å². The number of rotatable bonds is 2. The van der Waals surface area contributed by atoms with Crippen molar-refractivity contribution < 1.29 is 9.13 Å². The van der Waals surface area contributed by atoms with Gasteiger partial charge in [-0.1, -0.05) is 13.0 Å². The molecule has 1 aliphatic rings. The first-order valence-electron chi connectivity index (χ1n) is 3.75. The van der Waals surface area contributed by atoms with E-state index in [9.17, 15) is 4.39 Å². The highest BCUT2D eigenvalue weighted by atomic mass is 19.1. The average Bonchev–Trinajstić information content (AvgIpc) is 1.94. The lowest BCUT2D eigenvalue weighted by Gasteiger charge is -2.24. The highest BCUT2D eigenvalue weighted by Gasteiger charge is 2.24. The highest BCUT2D eigenvalue weighted by molar-refractivity contribution is 4.76. The summed E-state index contributed by atoms with van der Waals surface area (Å²) in [5, 5.41) is 0. The van der Waals surface area contributed by atoms with E-state index in [4.69, 9.17) is 4.74 Å². The lowest BCUT2D eigenvalue weighted by molar-refractivity contribution is 0.0308. The Morgan fingerprint density at radius 2 is 2.10 bits per heavy atom. The van der Waals surface area contributed by atoms with Gasteiger partial charge in [-0.15, -0.1) is 0 Å². The van der Waals surface area contributed by atoms with Crippen molar-refractivity contribution in [1.82, 2.24) is 0 Å². The fourth-order valence-corrected chi connectivity index (χ4v) is 1.33. The van der Waals surface area contributed by atoms with E-state index in [0.29, 0.717) is 6.42 Å². The Labute approximate surface area is 60.9 Å². The Bertz CT molecular complexity index is 114. The Morgan fingerprint density at radius 1 is 1.40 bits per heavy atom. The molecule has 0 aromatic carbocycles. The van der Waals surface area contributed by atoms with E-state index in [1.807, 2.05) is 0 Å². The summed E-state index contributed by atoms with van der Waals surface area (Å²) in [6, 6.07) is 0. The van der Waals surface area contributed by atoms with Gasteiger partial charge in [-0.05, 0) is 19.3 Å². The number of alkyl halides is 1. The van der Waals surface area contributed by atoms with Crippen LogP contribution < -0.4 is 0 Å². The molecule has 1 rings (SSSR count). The maximum Gasteiger partial charge on any atom is 0.137 e. The van der Waals surface area contributed by atoms with Gasteiger partial charge in [-0.3, -0.25) is 0 Å². The lowest BCUT2D eigenvalue weighted by atomic mass is 9.96. The molecule has 0 saturated heterocycles. The first-order chi connectivity index (χ1) is 4.84. The third-order valence-electron chi connectivity index (χ3n) is 1.89. The highest BCUT2D eigenvalue weighted by Crippen LogP contribution is 2.23. The molecule has 58 valence electrons. The fraction of sp³-hybridized carbons (Fsp3) is 0.750. The molecular weight excluding hydrogens is 131 g/mol. The first kappa shape index (κ1) is 7.58. The zero-order chi connectivity index (χ0) is 7.40. The largest absolute Gasteiger partial charge is 0.496 e. The van der Waals surface area contributed by atoms with E-state index in [2.05, 4.69) is 6.58 Å². The third-order valence-corrected chi connectivity index (χ3v) is 1.89. The molecule has 1 fully saturated rings.